The summed E-state index contributed by atoms with van der Waals surface area (Å²) in [5.74, 6) is 1.47. The molecule has 258 valence electrons. The maximum Gasteiger partial charge on any atom is 0.186 e. The molecular formula is C36H60O9. The van der Waals surface area contributed by atoms with Gasteiger partial charge in [0.25, 0.3) is 0 Å². The Kier molecular flexibility index (Phi) is 8.95. The van der Waals surface area contributed by atoms with Crippen molar-refractivity contribution in [3.05, 3.63) is 11.6 Å². The smallest absolute Gasteiger partial charge is 0.186 e. The summed E-state index contributed by atoms with van der Waals surface area (Å²) in [6.45, 7) is 11.2. The number of allylic oxidation sites excluding steroid dienone is 1. The van der Waals surface area contributed by atoms with Gasteiger partial charge in [-0.1, -0.05) is 39.3 Å². The number of aliphatic hydroxyl groups excluding tert-OH is 7. The molecule has 6 fully saturated rings. The number of aliphatic hydroxyl groups is 7. The van der Waals surface area contributed by atoms with Crippen LogP contribution < -0.4 is 0 Å². The monoisotopic (exact) mass is 636 g/mol. The average molecular weight is 637 g/mol. The van der Waals surface area contributed by atoms with E-state index in [0.717, 1.165) is 63.4 Å². The molecule has 0 unspecified atom stereocenters. The molecule has 5 aliphatic carbocycles. The van der Waals surface area contributed by atoms with Crippen LogP contribution >= 0.6 is 0 Å². The summed E-state index contributed by atoms with van der Waals surface area (Å²) in [5.41, 5.74) is 0.863. The van der Waals surface area contributed by atoms with Gasteiger partial charge in [0.15, 0.2) is 6.29 Å². The van der Waals surface area contributed by atoms with Crippen molar-refractivity contribution in [2.24, 2.45) is 50.7 Å². The van der Waals surface area contributed by atoms with Crippen molar-refractivity contribution in [3.8, 4) is 0 Å². The first-order chi connectivity index (χ1) is 21.2. The van der Waals surface area contributed by atoms with E-state index >= 15 is 0 Å². The molecule has 0 aromatic heterocycles. The summed E-state index contributed by atoms with van der Waals surface area (Å²) in [5, 5.41) is 73.1. The lowest BCUT2D eigenvalue weighted by Crippen LogP contribution is -2.64. The van der Waals surface area contributed by atoms with Crippen molar-refractivity contribution in [3.63, 3.8) is 0 Å². The molecule has 15 atom stereocenters. The highest BCUT2D eigenvalue weighted by atomic mass is 16.7. The van der Waals surface area contributed by atoms with Gasteiger partial charge in [-0.3, -0.25) is 0 Å². The minimum absolute atomic E-state index is 0.0821. The van der Waals surface area contributed by atoms with E-state index in [4.69, 9.17) is 9.47 Å². The van der Waals surface area contributed by atoms with E-state index in [1.54, 1.807) is 0 Å². The minimum atomic E-state index is -1.50. The zero-order valence-corrected chi connectivity index (χ0v) is 28.1. The minimum Gasteiger partial charge on any atom is -0.396 e. The first-order valence-corrected chi connectivity index (χ1v) is 17.7. The summed E-state index contributed by atoms with van der Waals surface area (Å²) in [6, 6.07) is 0. The van der Waals surface area contributed by atoms with Crippen molar-refractivity contribution in [2.45, 2.75) is 142 Å². The van der Waals surface area contributed by atoms with Crippen molar-refractivity contribution in [1.29, 1.82) is 0 Å². The fourth-order valence-electron chi connectivity index (χ4n) is 12.7. The Bertz CT molecular complexity index is 1130. The molecular weight excluding hydrogens is 576 g/mol. The third kappa shape index (κ3) is 4.73. The lowest BCUT2D eigenvalue weighted by molar-refractivity contribution is -0.331. The van der Waals surface area contributed by atoms with Crippen LogP contribution in [0.15, 0.2) is 11.6 Å². The number of hydrogen-bond donors (Lipinski definition) is 7. The standard InChI is InChI=1S/C36H60O9/c1-20(16-37)7-6-8-21(17-38)22-11-12-34(5)25-10-9-24-32(2,3)27(45-31-30(43)29(42)28(41)23(18-39)44-31)15-26(40)36(24)19-35(25,36)14-13-33(22,34)4/h7,21-31,37-43H,6,8-19H2,1-5H3/b20-7-/t21-,22+,23+,24-,25-,26-,27-,28+,29-,30+,31-,33+,34-,35-,36+/m0/s1. The van der Waals surface area contributed by atoms with Crippen LogP contribution in [-0.2, 0) is 9.47 Å². The molecule has 2 spiro atoms. The molecule has 9 heteroatoms. The van der Waals surface area contributed by atoms with Crippen molar-refractivity contribution < 1.29 is 45.2 Å². The Balaban J connectivity index is 1.21. The lowest BCUT2D eigenvalue weighted by Gasteiger charge is -2.64. The molecule has 0 amide bonds. The maximum absolute atomic E-state index is 12.1. The number of rotatable bonds is 9. The normalized spacial score (nSPS) is 52.8. The fraction of sp³-hybridized carbons (Fsp3) is 0.944. The third-order valence-corrected chi connectivity index (χ3v) is 15.4. The molecule has 7 N–H and O–H groups in total. The van der Waals surface area contributed by atoms with Crippen molar-refractivity contribution >= 4 is 0 Å². The Morgan fingerprint density at radius 3 is 2.27 bits per heavy atom. The van der Waals surface area contributed by atoms with Crippen molar-refractivity contribution in [1.82, 2.24) is 0 Å². The highest BCUT2D eigenvalue weighted by Crippen LogP contribution is 2.89. The predicted molar refractivity (Wildman–Crippen MR) is 168 cm³/mol. The van der Waals surface area contributed by atoms with E-state index in [1.165, 1.54) is 0 Å². The quantitative estimate of drug-likeness (QED) is 0.149. The second-order valence-electron chi connectivity index (χ2n) is 17.2. The maximum atomic E-state index is 12.1. The zero-order chi connectivity index (χ0) is 32.7. The van der Waals surface area contributed by atoms with Gasteiger partial charge in [-0.25, -0.2) is 0 Å². The molecule has 9 nitrogen and oxygen atoms in total. The molecule has 1 aliphatic heterocycles. The number of hydrogen-bond acceptors (Lipinski definition) is 9. The lowest BCUT2D eigenvalue weighted by atomic mass is 9.41. The highest BCUT2D eigenvalue weighted by molar-refractivity contribution is 5.32. The van der Waals surface area contributed by atoms with Crippen LogP contribution in [0.2, 0.25) is 0 Å². The summed E-state index contributed by atoms with van der Waals surface area (Å²) in [4.78, 5) is 0. The highest BCUT2D eigenvalue weighted by Gasteiger charge is 2.84. The van der Waals surface area contributed by atoms with Crippen LogP contribution in [0.4, 0.5) is 0 Å². The van der Waals surface area contributed by atoms with Gasteiger partial charge in [0.05, 0.1) is 25.4 Å². The van der Waals surface area contributed by atoms with Gasteiger partial charge in [0.1, 0.15) is 24.4 Å². The van der Waals surface area contributed by atoms with Crippen LogP contribution in [0.1, 0.15) is 98.8 Å². The Hall–Kier alpha value is -0.620. The summed E-state index contributed by atoms with van der Waals surface area (Å²) >= 11 is 0. The van der Waals surface area contributed by atoms with Gasteiger partial charge in [0.2, 0.25) is 0 Å². The molecule has 0 aromatic carbocycles. The second-order valence-corrected chi connectivity index (χ2v) is 17.2. The van der Waals surface area contributed by atoms with E-state index < -0.39 is 49.5 Å². The van der Waals surface area contributed by atoms with Gasteiger partial charge < -0.3 is 45.2 Å². The van der Waals surface area contributed by atoms with E-state index in [2.05, 4.69) is 33.8 Å². The molecule has 1 saturated heterocycles. The van der Waals surface area contributed by atoms with Crippen LogP contribution in [0.3, 0.4) is 0 Å². The molecule has 0 bridgehead atoms. The molecule has 0 radical (unpaired) electrons. The van der Waals surface area contributed by atoms with E-state index in [-0.39, 0.29) is 52.1 Å². The van der Waals surface area contributed by atoms with Gasteiger partial charge in [0, 0.05) is 18.4 Å². The molecule has 6 rings (SSSR count). The van der Waals surface area contributed by atoms with Crippen LogP contribution in [-0.4, -0.2) is 98.5 Å². The summed E-state index contributed by atoms with van der Waals surface area (Å²) < 4.78 is 12.1. The first-order valence-electron chi connectivity index (χ1n) is 17.7. The van der Waals surface area contributed by atoms with Crippen LogP contribution in [0, 0.1) is 50.7 Å². The molecule has 6 aliphatic rings. The summed E-state index contributed by atoms with van der Waals surface area (Å²) in [6.07, 6.45) is 4.39. The molecule has 1 heterocycles. The number of ether oxygens (including phenoxy) is 2. The van der Waals surface area contributed by atoms with Crippen molar-refractivity contribution in [2.75, 3.05) is 19.8 Å². The van der Waals surface area contributed by atoms with Gasteiger partial charge in [-0.15, -0.1) is 0 Å². The summed E-state index contributed by atoms with van der Waals surface area (Å²) in [7, 11) is 0. The van der Waals surface area contributed by atoms with E-state index in [1.807, 2.05) is 6.92 Å². The van der Waals surface area contributed by atoms with E-state index in [0.29, 0.717) is 18.3 Å². The number of fused-ring (bicyclic) bond motifs is 2. The zero-order valence-electron chi connectivity index (χ0n) is 28.1. The largest absolute Gasteiger partial charge is 0.396 e. The Labute approximate surface area is 269 Å². The van der Waals surface area contributed by atoms with Crippen LogP contribution in [0.5, 0.6) is 0 Å². The van der Waals surface area contributed by atoms with E-state index in [9.17, 15) is 35.7 Å². The molecule has 5 saturated carbocycles. The predicted octanol–water partition coefficient (Wildman–Crippen LogP) is 2.91. The first kappa shape index (κ1) is 34.3. The van der Waals surface area contributed by atoms with Gasteiger partial charge in [-0.2, -0.15) is 0 Å². The SMILES string of the molecule is C/C(=C/CC[C@@H](CO)[C@H]1CC[C@@]2(C)[C@@H]3CC[C@H]4C(C)(C)[C@@H](O[C@@H]5O[C@H](CO)[C@@H](O)[C@H](O)[C@H]5O)C[C@H](O)[C@@]45C[C@@]35CC[C@]12C)CO. The molecule has 0 aromatic rings. The van der Waals surface area contributed by atoms with Gasteiger partial charge in [-0.05, 0) is 110 Å². The topological polar surface area (TPSA) is 160 Å². The van der Waals surface area contributed by atoms with Gasteiger partial charge >= 0.3 is 0 Å². The third-order valence-electron chi connectivity index (χ3n) is 15.4. The molecule has 45 heavy (non-hydrogen) atoms. The Morgan fingerprint density at radius 2 is 1.60 bits per heavy atom. The fourth-order valence-corrected chi connectivity index (χ4v) is 12.7. The second kappa shape index (κ2) is 11.8. The average Bonchev–Trinajstić information content (AvgIpc) is 3.63. The van der Waals surface area contributed by atoms with Crippen LogP contribution in [0.25, 0.3) is 0 Å². The Morgan fingerprint density at radius 1 is 0.889 bits per heavy atom.